The Hall–Kier alpha value is -1.68. The van der Waals surface area contributed by atoms with E-state index in [2.05, 4.69) is 19.6 Å². The first-order chi connectivity index (χ1) is 13.3. The fourth-order valence-corrected chi connectivity index (χ4v) is 7.61. The number of aliphatic hydroxyl groups is 1. The number of allylic oxidation sites excluding steroid dienone is 2. The monoisotopic (exact) mass is 384 g/mol. The van der Waals surface area contributed by atoms with Gasteiger partial charge in [0.2, 0.25) is 0 Å². The van der Waals surface area contributed by atoms with Gasteiger partial charge in [-0.3, -0.25) is 4.79 Å². The highest BCUT2D eigenvalue weighted by Gasteiger charge is 2.64. The molecule has 0 radical (unpaired) electrons. The number of fused-ring (bicyclic) bond motifs is 5. The molecule has 28 heavy (non-hydrogen) atoms. The first kappa shape index (κ1) is 19.6. The van der Waals surface area contributed by atoms with Gasteiger partial charge in [-0.2, -0.15) is 0 Å². The van der Waals surface area contributed by atoms with Gasteiger partial charge in [0.05, 0.1) is 5.60 Å². The van der Waals surface area contributed by atoms with Crippen molar-refractivity contribution in [3.8, 4) is 0 Å². The lowest BCUT2D eigenvalue weighted by molar-refractivity contribution is -0.132. The zero-order chi connectivity index (χ0) is 20.1. The van der Waals surface area contributed by atoms with Crippen molar-refractivity contribution < 1.29 is 19.8 Å². The van der Waals surface area contributed by atoms with Gasteiger partial charge in [0.25, 0.3) is 0 Å². The van der Waals surface area contributed by atoms with Gasteiger partial charge in [-0.25, -0.2) is 4.79 Å². The molecule has 0 bridgehead atoms. The first-order valence-corrected chi connectivity index (χ1v) is 10.9. The van der Waals surface area contributed by atoms with E-state index in [1.807, 2.05) is 6.08 Å². The van der Waals surface area contributed by atoms with Crippen molar-refractivity contribution >= 4 is 11.8 Å². The molecular formula is C24H32O4. The highest BCUT2D eigenvalue weighted by molar-refractivity contribution is 5.91. The van der Waals surface area contributed by atoms with Crippen LogP contribution in [0.2, 0.25) is 0 Å². The number of carboxylic acids is 1. The zero-order valence-electron chi connectivity index (χ0n) is 16.8. The Kier molecular flexibility index (Phi) is 4.89. The van der Waals surface area contributed by atoms with Crippen LogP contribution >= 0.6 is 0 Å². The van der Waals surface area contributed by atoms with E-state index in [1.165, 1.54) is 5.57 Å². The standard InChI is InChI=1S/C24H32O4/c1-3-15-13-16-14-17(25)5-6-18(16)19-7-10-23(4-2)20(22(15)19)8-11-24(23,28)12-9-21(26)27/h3,9,12,14-15,18-20,22,28H,1,4-8,10-11,13H2,2H3,(H,26,27)/b12-9-/t15-,18-,19+,20-,22+,23-,24+/m0/s1. The van der Waals surface area contributed by atoms with E-state index in [9.17, 15) is 14.7 Å². The van der Waals surface area contributed by atoms with E-state index >= 15 is 0 Å². The highest BCUT2D eigenvalue weighted by atomic mass is 16.4. The minimum atomic E-state index is -1.04. The van der Waals surface area contributed by atoms with E-state index in [1.54, 1.807) is 6.08 Å². The van der Waals surface area contributed by atoms with Crippen LogP contribution in [0.4, 0.5) is 0 Å². The lowest BCUT2D eigenvalue weighted by atomic mass is 9.47. The summed E-state index contributed by atoms with van der Waals surface area (Å²) in [7, 11) is 0. The molecule has 4 heteroatoms. The molecular weight excluding hydrogens is 352 g/mol. The number of aliphatic carboxylic acids is 1. The van der Waals surface area contributed by atoms with Crippen LogP contribution in [0, 0.1) is 35.0 Å². The van der Waals surface area contributed by atoms with Gasteiger partial charge in [-0.15, -0.1) is 6.58 Å². The first-order valence-electron chi connectivity index (χ1n) is 10.9. The summed E-state index contributed by atoms with van der Waals surface area (Å²) in [6.07, 6.45) is 13.6. The van der Waals surface area contributed by atoms with Gasteiger partial charge in [-0.05, 0) is 86.7 Å². The number of carbonyl (C=O) groups is 2. The molecule has 0 saturated heterocycles. The van der Waals surface area contributed by atoms with Gasteiger partial charge >= 0.3 is 5.97 Å². The largest absolute Gasteiger partial charge is 0.478 e. The van der Waals surface area contributed by atoms with Crippen LogP contribution < -0.4 is 0 Å². The summed E-state index contributed by atoms with van der Waals surface area (Å²) < 4.78 is 0. The maximum Gasteiger partial charge on any atom is 0.328 e. The number of carbonyl (C=O) groups excluding carboxylic acids is 1. The second-order valence-corrected chi connectivity index (χ2v) is 9.46. The Balaban J connectivity index is 1.72. The van der Waals surface area contributed by atoms with Gasteiger partial charge < -0.3 is 10.2 Å². The quantitative estimate of drug-likeness (QED) is 0.560. The van der Waals surface area contributed by atoms with Crippen molar-refractivity contribution in [1.29, 1.82) is 0 Å². The van der Waals surface area contributed by atoms with Crippen LogP contribution in [0.1, 0.15) is 58.3 Å². The van der Waals surface area contributed by atoms with E-state index in [0.29, 0.717) is 42.4 Å². The van der Waals surface area contributed by atoms with E-state index < -0.39 is 11.6 Å². The minimum absolute atomic E-state index is 0.257. The topological polar surface area (TPSA) is 74.6 Å². The molecule has 0 aliphatic heterocycles. The molecule has 4 aliphatic rings. The number of carboxylic acid groups (broad SMARTS) is 1. The van der Waals surface area contributed by atoms with Crippen LogP contribution in [0.15, 0.2) is 36.5 Å². The molecule has 3 fully saturated rings. The molecule has 4 rings (SSSR count). The Morgan fingerprint density at radius 2 is 2.11 bits per heavy atom. The van der Waals surface area contributed by atoms with Crippen molar-refractivity contribution in [3.63, 3.8) is 0 Å². The van der Waals surface area contributed by atoms with Crippen LogP contribution in [0.3, 0.4) is 0 Å². The van der Waals surface area contributed by atoms with Crippen molar-refractivity contribution in [2.24, 2.45) is 35.0 Å². The summed E-state index contributed by atoms with van der Waals surface area (Å²) in [6, 6.07) is 0. The lowest BCUT2D eigenvalue weighted by Gasteiger charge is -2.58. The Labute approximate surface area is 167 Å². The fourth-order valence-electron chi connectivity index (χ4n) is 7.61. The minimum Gasteiger partial charge on any atom is -0.478 e. The van der Waals surface area contributed by atoms with Gasteiger partial charge in [0.1, 0.15) is 0 Å². The predicted octanol–water partition coefficient (Wildman–Crippen LogP) is 4.30. The molecule has 0 aromatic carbocycles. The average Bonchev–Trinajstić information content (AvgIpc) is 2.98. The third kappa shape index (κ3) is 2.75. The second-order valence-electron chi connectivity index (χ2n) is 9.46. The Bertz CT molecular complexity index is 750. The predicted molar refractivity (Wildman–Crippen MR) is 108 cm³/mol. The molecule has 0 heterocycles. The molecule has 0 unspecified atom stereocenters. The smallest absolute Gasteiger partial charge is 0.328 e. The molecule has 4 aliphatic carbocycles. The summed E-state index contributed by atoms with van der Waals surface area (Å²) >= 11 is 0. The number of hydrogen-bond acceptors (Lipinski definition) is 3. The average molecular weight is 385 g/mol. The normalized spacial score (nSPS) is 45.1. The molecule has 0 amide bonds. The number of rotatable bonds is 4. The van der Waals surface area contributed by atoms with Crippen LogP contribution in [-0.2, 0) is 9.59 Å². The van der Waals surface area contributed by atoms with Crippen LogP contribution in [-0.4, -0.2) is 27.6 Å². The van der Waals surface area contributed by atoms with Crippen molar-refractivity contribution in [2.45, 2.75) is 63.9 Å². The third-order valence-electron chi connectivity index (χ3n) is 8.73. The van der Waals surface area contributed by atoms with Gasteiger partial charge in [0, 0.05) is 17.9 Å². The maximum absolute atomic E-state index is 12.0. The summed E-state index contributed by atoms with van der Waals surface area (Å²) in [5.74, 6) is 1.49. The highest BCUT2D eigenvalue weighted by Crippen LogP contribution is 2.67. The fraction of sp³-hybridized carbons (Fsp3) is 0.667. The number of hydrogen-bond donors (Lipinski definition) is 2. The summed E-state index contributed by atoms with van der Waals surface area (Å²) in [4.78, 5) is 23.1. The summed E-state index contributed by atoms with van der Waals surface area (Å²) in [5, 5.41) is 20.7. The zero-order valence-corrected chi connectivity index (χ0v) is 16.8. The summed E-state index contributed by atoms with van der Waals surface area (Å²) in [5.41, 5.74) is 0.0261. The molecule has 3 saturated carbocycles. The molecule has 0 aromatic heterocycles. The SMILES string of the molecule is C=C[C@H]1CC2=CC(=O)CC[C@@H]2[C@H]2CC[C@@]3(CC)[C@@H](CC[C@@]3(O)/C=C\C(=O)O)[C@@H]21. The summed E-state index contributed by atoms with van der Waals surface area (Å²) in [6.45, 7) is 6.27. The van der Waals surface area contributed by atoms with E-state index in [0.717, 1.165) is 44.6 Å². The Morgan fingerprint density at radius 3 is 2.79 bits per heavy atom. The van der Waals surface area contributed by atoms with Crippen molar-refractivity contribution in [3.05, 3.63) is 36.5 Å². The second kappa shape index (κ2) is 6.98. The van der Waals surface area contributed by atoms with Gasteiger partial charge in [-0.1, -0.05) is 18.6 Å². The van der Waals surface area contributed by atoms with Crippen LogP contribution in [0.25, 0.3) is 0 Å². The van der Waals surface area contributed by atoms with Crippen molar-refractivity contribution in [2.75, 3.05) is 0 Å². The molecule has 7 atom stereocenters. The molecule has 4 nitrogen and oxygen atoms in total. The van der Waals surface area contributed by atoms with Crippen LogP contribution in [0.5, 0.6) is 0 Å². The van der Waals surface area contributed by atoms with E-state index in [4.69, 9.17) is 5.11 Å². The van der Waals surface area contributed by atoms with E-state index in [-0.39, 0.29) is 11.2 Å². The number of ketones is 1. The van der Waals surface area contributed by atoms with Crippen molar-refractivity contribution in [1.82, 2.24) is 0 Å². The lowest BCUT2D eigenvalue weighted by Crippen LogP contribution is -2.55. The molecule has 2 N–H and O–H groups in total. The molecule has 152 valence electrons. The Morgan fingerprint density at radius 1 is 1.32 bits per heavy atom. The molecule has 0 spiro atoms. The molecule has 0 aromatic rings. The van der Waals surface area contributed by atoms with Gasteiger partial charge in [0.15, 0.2) is 5.78 Å². The third-order valence-corrected chi connectivity index (χ3v) is 8.73. The maximum atomic E-state index is 12.0.